The number of nitrogens with one attached hydrogen (secondary N) is 1. The van der Waals surface area contributed by atoms with Gasteiger partial charge in [-0.3, -0.25) is 4.79 Å². The van der Waals surface area contributed by atoms with Gasteiger partial charge in [0.2, 0.25) is 0 Å². The average molecular weight is 251 g/mol. The minimum absolute atomic E-state index is 0.00801. The second-order valence-electron chi connectivity index (χ2n) is 4.79. The molecule has 0 saturated carbocycles. The molecule has 0 aliphatic carbocycles. The summed E-state index contributed by atoms with van der Waals surface area (Å²) < 4.78 is 19.1. The van der Waals surface area contributed by atoms with Crippen LogP contribution in [0.4, 0.5) is 4.39 Å². The first-order valence-electron chi connectivity index (χ1n) is 6.19. The second kappa shape index (κ2) is 5.59. The molecular formula is C14H18FNO2. The lowest BCUT2D eigenvalue weighted by Gasteiger charge is -2.23. The summed E-state index contributed by atoms with van der Waals surface area (Å²) in [4.78, 5) is 12.1. The van der Waals surface area contributed by atoms with E-state index < -0.39 is 5.82 Å². The number of ketones is 1. The average Bonchev–Trinajstić information content (AvgIpc) is 2.28. The van der Waals surface area contributed by atoms with E-state index in [1.54, 1.807) is 6.92 Å². The smallest absolute Gasteiger partial charge is 0.167 e. The number of rotatable bonds is 3. The maximum atomic E-state index is 13.8. The Morgan fingerprint density at radius 2 is 2.28 bits per heavy atom. The van der Waals surface area contributed by atoms with E-state index in [0.717, 1.165) is 12.1 Å². The number of hydrogen-bond acceptors (Lipinski definition) is 3. The van der Waals surface area contributed by atoms with Crippen molar-refractivity contribution in [2.24, 2.45) is 0 Å². The molecule has 1 aliphatic heterocycles. The molecule has 0 bridgehead atoms. The fourth-order valence-corrected chi connectivity index (χ4v) is 2.35. The fraction of sp³-hybridized carbons (Fsp3) is 0.500. The van der Waals surface area contributed by atoms with Crippen molar-refractivity contribution < 1.29 is 13.9 Å². The van der Waals surface area contributed by atoms with E-state index in [1.807, 2.05) is 13.0 Å². The summed E-state index contributed by atoms with van der Waals surface area (Å²) in [6.45, 7) is 5.52. The molecule has 1 heterocycles. The summed E-state index contributed by atoms with van der Waals surface area (Å²) in [5.41, 5.74) is 1.75. The van der Waals surface area contributed by atoms with E-state index in [0.29, 0.717) is 18.8 Å². The molecule has 18 heavy (non-hydrogen) atoms. The van der Waals surface area contributed by atoms with E-state index >= 15 is 0 Å². The topological polar surface area (TPSA) is 38.3 Å². The van der Waals surface area contributed by atoms with Crippen LogP contribution < -0.4 is 5.32 Å². The third-order valence-corrected chi connectivity index (χ3v) is 3.14. The SMILES string of the molecule is Cc1cc(C)c(C(=O)CC2COCCN2)c(F)c1. The number of carbonyl (C=O) groups excluding carboxylic acids is 1. The Morgan fingerprint density at radius 3 is 2.89 bits per heavy atom. The van der Waals surface area contributed by atoms with Crippen molar-refractivity contribution in [3.8, 4) is 0 Å². The highest BCUT2D eigenvalue weighted by Crippen LogP contribution is 2.18. The van der Waals surface area contributed by atoms with Gasteiger partial charge in [0.1, 0.15) is 5.82 Å². The van der Waals surface area contributed by atoms with Crippen LogP contribution in [0.1, 0.15) is 27.9 Å². The van der Waals surface area contributed by atoms with Crippen LogP contribution in [-0.4, -0.2) is 31.6 Å². The Kier molecular flexibility index (Phi) is 4.09. The molecule has 1 saturated heterocycles. The lowest BCUT2D eigenvalue weighted by molar-refractivity contribution is 0.0674. The largest absolute Gasteiger partial charge is 0.378 e. The van der Waals surface area contributed by atoms with Gasteiger partial charge in [-0.25, -0.2) is 4.39 Å². The zero-order valence-electron chi connectivity index (χ0n) is 10.8. The quantitative estimate of drug-likeness (QED) is 0.835. The van der Waals surface area contributed by atoms with Crippen LogP contribution in [0.3, 0.4) is 0 Å². The van der Waals surface area contributed by atoms with Crippen LogP contribution in [0.25, 0.3) is 0 Å². The Balaban J connectivity index is 2.13. The molecule has 0 radical (unpaired) electrons. The summed E-state index contributed by atoms with van der Waals surface area (Å²) in [6.07, 6.45) is 0.279. The maximum Gasteiger partial charge on any atom is 0.167 e. The van der Waals surface area contributed by atoms with Gasteiger partial charge in [-0.1, -0.05) is 6.07 Å². The van der Waals surface area contributed by atoms with Crippen molar-refractivity contribution >= 4 is 5.78 Å². The lowest BCUT2D eigenvalue weighted by Crippen LogP contribution is -2.42. The fourth-order valence-electron chi connectivity index (χ4n) is 2.35. The molecule has 2 rings (SSSR count). The van der Waals surface area contributed by atoms with Crippen molar-refractivity contribution in [2.75, 3.05) is 19.8 Å². The van der Waals surface area contributed by atoms with Crippen molar-refractivity contribution in [2.45, 2.75) is 26.3 Å². The summed E-state index contributed by atoms with van der Waals surface area (Å²) in [5, 5.41) is 3.20. The zero-order valence-corrected chi connectivity index (χ0v) is 10.8. The highest BCUT2D eigenvalue weighted by Gasteiger charge is 2.21. The van der Waals surface area contributed by atoms with Gasteiger partial charge in [0.05, 0.1) is 18.8 Å². The van der Waals surface area contributed by atoms with Crippen LogP contribution in [0.2, 0.25) is 0 Å². The van der Waals surface area contributed by atoms with Crippen molar-refractivity contribution in [1.29, 1.82) is 0 Å². The van der Waals surface area contributed by atoms with Crippen LogP contribution in [0.15, 0.2) is 12.1 Å². The number of hydrogen-bond donors (Lipinski definition) is 1. The molecule has 1 aromatic carbocycles. The highest BCUT2D eigenvalue weighted by atomic mass is 19.1. The second-order valence-corrected chi connectivity index (χ2v) is 4.79. The third-order valence-electron chi connectivity index (χ3n) is 3.14. The van der Waals surface area contributed by atoms with Gasteiger partial charge in [0, 0.05) is 19.0 Å². The first-order chi connectivity index (χ1) is 8.58. The third kappa shape index (κ3) is 2.94. The highest BCUT2D eigenvalue weighted by molar-refractivity contribution is 5.98. The molecule has 1 aliphatic rings. The summed E-state index contributed by atoms with van der Waals surface area (Å²) in [6, 6.07) is 3.23. The molecular weight excluding hydrogens is 233 g/mol. The van der Waals surface area contributed by atoms with E-state index in [2.05, 4.69) is 5.32 Å². The molecule has 98 valence electrons. The number of ether oxygens (including phenoxy) is 1. The van der Waals surface area contributed by atoms with E-state index in [4.69, 9.17) is 4.74 Å². The molecule has 3 nitrogen and oxygen atoms in total. The Morgan fingerprint density at radius 1 is 1.50 bits per heavy atom. The molecule has 4 heteroatoms. The molecule has 0 spiro atoms. The molecule has 1 aromatic rings. The van der Waals surface area contributed by atoms with Crippen molar-refractivity contribution in [3.05, 3.63) is 34.6 Å². The molecule has 1 atom stereocenters. The van der Waals surface area contributed by atoms with Gasteiger partial charge >= 0.3 is 0 Å². The van der Waals surface area contributed by atoms with Crippen LogP contribution >= 0.6 is 0 Å². The zero-order chi connectivity index (χ0) is 13.1. The molecule has 0 aromatic heterocycles. The number of halogens is 1. The van der Waals surface area contributed by atoms with Crippen molar-refractivity contribution in [1.82, 2.24) is 5.32 Å². The van der Waals surface area contributed by atoms with Gasteiger partial charge in [0.25, 0.3) is 0 Å². The number of benzene rings is 1. The maximum absolute atomic E-state index is 13.8. The van der Waals surface area contributed by atoms with Crippen LogP contribution in [-0.2, 0) is 4.74 Å². The van der Waals surface area contributed by atoms with E-state index in [-0.39, 0.29) is 23.8 Å². The number of morpholine rings is 1. The van der Waals surface area contributed by atoms with E-state index in [1.165, 1.54) is 6.07 Å². The predicted molar refractivity (Wildman–Crippen MR) is 67.4 cm³/mol. The van der Waals surface area contributed by atoms with Gasteiger partial charge < -0.3 is 10.1 Å². The predicted octanol–water partition coefficient (Wildman–Crippen LogP) is 2.00. The van der Waals surface area contributed by atoms with Gasteiger partial charge in [0.15, 0.2) is 5.78 Å². The Labute approximate surface area is 106 Å². The first kappa shape index (κ1) is 13.2. The monoisotopic (exact) mass is 251 g/mol. The summed E-state index contributed by atoms with van der Waals surface area (Å²) in [7, 11) is 0. The first-order valence-corrected chi connectivity index (χ1v) is 6.19. The van der Waals surface area contributed by atoms with Gasteiger partial charge in [-0.15, -0.1) is 0 Å². The summed E-state index contributed by atoms with van der Waals surface area (Å²) in [5.74, 6) is -0.581. The van der Waals surface area contributed by atoms with Crippen LogP contribution in [0.5, 0.6) is 0 Å². The summed E-state index contributed by atoms with van der Waals surface area (Å²) >= 11 is 0. The van der Waals surface area contributed by atoms with Gasteiger partial charge in [-0.2, -0.15) is 0 Å². The standard InChI is InChI=1S/C14H18FNO2/c1-9-5-10(2)14(12(15)6-9)13(17)7-11-8-18-4-3-16-11/h5-6,11,16H,3-4,7-8H2,1-2H3. The normalized spacial score (nSPS) is 19.8. The van der Waals surface area contributed by atoms with E-state index in [9.17, 15) is 9.18 Å². The number of Topliss-reactive ketones (excluding diaryl/α,β-unsaturated/α-hetero) is 1. The minimum Gasteiger partial charge on any atom is -0.378 e. The number of aryl methyl sites for hydroxylation is 2. The number of carbonyl (C=O) groups is 1. The molecule has 1 fully saturated rings. The lowest BCUT2D eigenvalue weighted by atomic mass is 9.97. The van der Waals surface area contributed by atoms with Crippen molar-refractivity contribution in [3.63, 3.8) is 0 Å². The molecule has 0 amide bonds. The van der Waals surface area contributed by atoms with Gasteiger partial charge in [-0.05, 0) is 31.0 Å². The van der Waals surface area contributed by atoms with Crippen LogP contribution in [0, 0.1) is 19.7 Å². The Bertz CT molecular complexity index is 430. The molecule has 1 N–H and O–H groups in total. The molecule has 1 unspecified atom stereocenters. The minimum atomic E-state index is -0.422. The Hall–Kier alpha value is -1.26.